The van der Waals surface area contributed by atoms with Crippen molar-refractivity contribution in [3.63, 3.8) is 0 Å². The molecule has 0 atom stereocenters. The molecule has 4 bridgehead atoms. The average molecular weight is 487 g/mol. The summed E-state index contributed by atoms with van der Waals surface area (Å²) in [6.45, 7) is 7.81. The number of rotatable bonds is 1. The highest BCUT2D eigenvalue weighted by Gasteiger charge is 2.31. The molecule has 0 saturated heterocycles. The monoisotopic (exact) mass is 486 g/mol. The maximum atomic E-state index is 14.6. The molecule has 4 rings (SSSR count). The van der Waals surface area contributed by atoms with Crippen LogP contribution in [-0.2, 0) is 26.8 Å². The number of benzene rings is 1. The van der Waals surface area contributed by atoms with Gasteiger partial charge < -0.3 is 4.74 Å². The van der Waals surface area contributed by atoms with Gasteiger partial charge in [-0.15, -0.1) is 0 Å². The highest BCUT2D eigenvalue weighted by molar-refractivity contribution is 7.90. The van der Waals surface area contributed by atoms with Gasteiger partial charge in [0.1, 0.15) is 0 Å². The van der Waals surface area contributed by atoms with E-state index < -0.39 is 32.3 Å². The first kappa shape index (κ1) is 23.9. The van der Waals surface area contributed by atoms with Gasteiger partial charge >= 0.3 is 0 Å². The van der Waals surface area contributed by atoms with Crippen molar-refractivity contribution in [1.29, 1.82) is 0 Å². The fourth-order valence-electron chi connectivity index (χ4n) is 4.01. The van der Waals surface area contributed by atoms with Gasteiger partial charge in [-0.3, -0.25) is 9.48 Å². The molecule has 1 aliphatic rings. The first-order valence-electron chi connectivity index (χ1n) is 11.0. The number of halogens is 1. The van der Waals surface area contributed by atoms with Crippen LogP contribution in [0.4, 0.5) is 4.39 Å². The van der Waals surface area contributed by atoms with Crippen LogP contribution in [-0.4, -0.2) is 35.7 Å². The Bertz CT molecular complexity index is 1350. The van der Waals surface area contributed by atoms with Crippen molar-refractivity contribution in [3.05, 3.63) is 59.7 Å². The zero-order valence-corrected chi connectivity index (χ0v) is 20.3. The van der Waals surface area contributed by atoms with Gasteiger partial charge in [0.15, 0.2) is 5.82 Å². The van der Waals surface area contributed by atoms with Gasteiger partial charge in [0.2, 0.25) is 16.8 Å². The summed E-state index contributed by atoms with van der Waals surface area (Å²) in [5, 5.41) is 3.15. The molecule has 3 aromatic rings. The van der Waals surface area contributed by atoms with Gasteiger partial charge in [-0.25, -0.2) is 14.1 Å². The molecular weight excluding hydrogens is 459 g/mol. The van der Waals surface area contributed by atoms with E-state index in [2.05, 4.69) is 10.1 Å². The largest absolute Gasteiger partial charge is 0.478 e. The van der Waals surface area contributed by atoms with Crippen molar-refractivity contribution in [2.75, 3.05) is 6.61 Å². The molecule has 10 heteroatoms. The van der Waals surface area contributed by atoms with Crippen molar-refractivity contribution < 1.29 is 22.3 Å². The quantitative estimate of drug-likeness (QED) is 0.562. The van der Waals surface area contributed by atoms with Crippen molar-refractivity contribution in [2.24, 2.45) is 0 Å². The minimum Gasteiger partial charge on any atom is -0.478 e. The number of carbonyl (C=O) groups excluding carboxylic acids is 1. The van der Waals surface area contributed by atoms with Crippen LogP contribution in [0.2, 0.25) is 0 Å². The van der Waals surface area contributed by atoms with Crippen LogP contribution >= 0.6 is 0 Å². The molecule has 0 aliphatic carbocycles. The van der Waals surface area contributed by atoms with Crippen LogP contribution in [0.1, 0.15) is 51.2 Å². The Morgan fingerprint density at radius 2 is 2.00 bits per heavy atom. The zero-order chi connectivity index (χ0) is 24.7. The summed E-state index contributed by atoms with van der Waals surface area (Å²) in [6, 6.07) is 9.29. The zero-order valence-electron chi connectivity index (χ0n) is 19.5. The van der Waals surface area contributed by atoms with Crippen molar-refractivity contribution in [2.45, 2.75) is 57.0 Å². The van der Waals surface area contributed by atoms with Gasteiger partial charge in [0, 0.05) is 18.7 Å². The second-order valence-corrected chi connectivity index (χ2v) is 10.9. The van der Waals surface area contributed by atoms with Gasteiger partial charge in [0.25, 0.3) is 10.0 Å². The molecule has 0 unspecified atom stereocenters. The van der Waals surface area contributed by atoms with E-state index in [1.54, 1.807) is 26.1 Å². The molecule has 1 aliphatic heterocycles. The van der Waals surface area contributed by atoms with Crippen molar-refractivity contribution in [1.82, 2.24) is 19.5 Å². The van der Waals surface area contributed by atoms with Crippen LogP contribution in [0, 0.1) is 5.82 Å². The molecule has 8 nitrogen and oxygen atoms in total. The third kappa shape index (κ3) is 4.68. The summed E-state index contributed by atoms with van der Waals surface area (Å²) in [5.41, 5.74) is 2.40. The van der Waals surface area contributed by atoms with Crippen molar-refractivity contribution >= 4 is 15.9 Å². The SMILES string of the molecule is CC(C)c1cccc2c1CC(=O)NS(=O)(=O)c1nn(cc1F)C(C)(C)CCOc1cc-2ccn1. The highest BCUT2D eigenvalue weighted by atomic mass is 32.2. The number of nitrogens with one attached hydrogen (secondary N) is 1. The van der Waals surface area contributed by atoms with Crippen LogP contribution in [0.25, 0.3) is 11.1 Å². The Morgan fingerprint density at radius 1 is 1.24 bits per heavy atom. The fourth-order valence-corrected chi connectivity index (χ4v) is 4.99. The molecule has 2 aromatic heterocycles. The van der Waals surface area contributed by atoms with Crippen molar-refractivity contribution in [3.8, 4) is 17.0 Å². The van der Waals surface area contributed by atoms with E-state index in [0.29, 0.717) is 17.9 Å². The maximum Gasteiger partial charge on any atom is 0.286 e. The van der Waals surface area contributed by atoms with Crippen LogP contribution in [0.3, 0.4) is 0 Å². The summed E-state index contributed by atoms with van der Waals surface area (Å²) in [6.07, 6.45) is 2.84. The topological polar surface area (TPSA) is 103 Å². The van der Waals surface area contributed by atoms with E-state index in [0.717, 1.165) is 22.9 Å². The summed E-state index contributed by atoms with van der Waals surface area (Å²) in [4.78, 5) is 17.2. The minimum atomic E-state index is -4.51. The van der Waals surface area contributed by atoms with Gasteiger partial charge in [-0.05, 0) is 48.1 Å². The molecule has 0 saturated carbocycles. The lowest BCUT2D eigenvalue weighted by Gasteiger charge is -2.25. The lowest BCUT2D eigenvalue weighted by Crippen LogP contribution is -2.34. The van der Waals surface area contributed by atoms with E-state index in [4.69, 9.17) is 4.74 Å². The molecular formula is C24H27FN4O4S. The summed E-state index contributed by atoms with van der Waals surface area (Å²) in [7, 11) is -4.51. The third-order valence-electron chi connectivity index (χ3n) is 5.94. The maximum absolute atomic E-state index is 14.6. The standard InChI is InChI=1S/C24H27FN4O4S/c1-15(2)17-6-5-7-18-16-8-10-26-22(12-16)33-11-9-24(3,4)29-14-20(25)23(27-29)34(31,32)28-21(30)13-19(17)18/h5-8,10,12,14-15H,9,11,13H2,1-4H3,(H,28,30). The van der Waals surface area contributed by atoms with Gasteiger partial charge in [-0.2, -0.15) is 13.5 Å². The average Bonchev–Trinajstić information content (AvgIpc) is 3.16. The molecule has 0 radical (unpaired) electrons. The van der Waals surface area contributed by atoms with E-state index in [1.165, 1.54) is 4.68 Å². The fraction of sp³-hybridized carbons (Fsp3) is 0.375. The van der Waals surface area contributed by atoms with Crippen LogP contribution in [0.15, 0.2) is 47.8 Å². The van der Waals surface area contributed by atoms with E-state index in [1.807, 2.05) is 42.8 Å². The van der Waals surface area contributed by atoms with Crippen LogP contribution < -0.4 is 9.46 Å². The summed E-state index contributed by atoms with van der Waals surface area (Å²) in [5.74, 6) is -1.31. The number of amides is 1. The number of ether oxygens (including phenoxy) is 1. The number of fused-ring (bicyclic) bond motifs is 6. The first-order valence-corrected chi connectivity index (χ1v) is 12.5. The molecule has 34 heavy (non-hydrogen) atoms. The Kier molecular flexibility index (Phi) is 6.20. The molecule has 0 fully saturated rings. The second kappa shape index (κ2) is 8.83. The number of pyridine rings is 1. The Balaban J connectivity index is 1.86. The smallest absolute Gasteiger partial charge is 0.286 e. The molecule has 0 spiro atoms. The first-order chi connectivity index (χ1) is 16.0. The Labute approximate surface area is 198 Å². The highest BCUT2D eigenvalue weighted by Crippen LogP contribution is 2.32. The number of hydrogen-bond acceptors (Lipinski definition) is 6. The molecule has 180 valence electrons. The molecule has 3 heterocycles. The van der Waals surface area contributed by atoms with Gasteiger partial charge in [0.05, 0.1) is 24.8 Å². The molecule has 1 amide bonds. The number of hydrogen-bond donors (Lipinski definition) is 1. The summed E-state index contributed by atoms with van der Waals surface area (Å²) < 4.78 is 49.5. The number of aromatic nitrogens is 3. The number of nitrogens with zero attached hydrogens (tertiary/aromatic N) is 3. The lowest BCUT2D eigenvalue weighted by atomic mass is 9.88. The number of carbonyl (C=O) groups is 1. The lowest BCUT2D eigenvalue weighted by molar-refractivity contribution is -0.118. The minimum absolute atomic E-state index is 0.0814. The Morgan fingerprint density at radius 3 is 2.74 bits per heavy atom. The summed E-state index contributed by atoms with van der Waals surface area (Å²) >= 11 is 0. The predicted molar refractivity (Wildman–Crippen MR) is 124 cm³/mol. The van der Waals surface area contributed by atoms with E-state index in [9.17, 15) is 17.6 Å². The predicted octanol–water partition coefficient (Wildman–Crippen LogP) is 3.77. The second-order valence-electron chi connectivity index (χ2n) is 9.25. The third-order valence-corrected chi connectivity index (χ3v) is 7.22. The van der Waals surface area contributed by atoms with Crippen LogP contribution in [0.5, 0.6) is 5.88 Å². The Hall–Kier alpha value is -3.27. The van der Waals surface area contributed by atoms with Gasteiger partial charge in [-0.1, -0.05) is 32.0 Å². The number of sulfonamides is 1. The molecule has 1 aromatic carbocycles. The van der Waals surface area contributed by atoms with E-state index in [-0.39, 0.29) is 18.9 Å². The molecule has 1 N–H and O–H groups in total. The van der Waals surface area contributed by atoms with E-state index >= 15 is 0 Å². The normalized spacial score (nSPS) is 17.5.